The standard InChI is InChI=1S/C25H31N5O/c1-20-5-3-13-29(18-20)19-22-10-8-21(9-11-22)16-26-25(31)27-17-23-6-2-7-24(15-23)30-14-4-12-28-30/h2,4,6-12,14-15,20H,3,5,13,16-19H2,1H3,(H2,26,27,31). The molecule has 1 aliphatic rings. The van der Waals surface area contributed by atoms with Crippen LogP contribution in [-0.4, -0.2) is 33.8 Å². The van der Waals surface area contributed by atoms with Crippen LogP contribution in [0, 0.1) is 5.92 Å². The van der Waals surface area contributed by atoms with E-state index < -0.39 is 0 Å². The number of aromatic nitrogens is 2. The Bertz CT molecular complexity index is 968. The average Bonchev–Trinajstić information content (AvgIpc) is 3.33. The molecule has 2 aromatic carbocycles. The number of likely N-dealkylation sites (tertiary alicyclic amines) is 1. The Morgan fingerprint density at radius 1 is 1.03 bits per heavy atom. The van der Waals surface area contributed by atoms with Crippen LogP contribution in [0.5, 0.6) is 0 Å². The smallest absolute Gasteiger partial charge is 0.315 e. The number of carbonyl (C=O) groups excluding carboxylic acids is 1. The Kier molecular flexibility index (Phi) is 6.99. The second-order valence-corrected chi connectivity index (χ2v) is 8.46. The van der Waals surface area contributed by atoms with E-state index in [1.54, 1.807) is 10.9 Å². The first-order chi connectivity index (χ1) is 15.2. The molecule has 0 saturated carbocycles. The minimum Gasteiger partial charge on any atom is -0.334 e. The molecule has 4 rings (SSSR count). The molecule has 0 bridgehead atoms. The fourth-order valence-corrected chi connectivity index (χ4v) is 4.11. The Hall–Kier alpha value is -3.12. The third-order valence-corrected chi connectivity index (χ3v) is 5.76. The molecule has 0 spiro atoms. The van der Waals surface area contributed by atoms with Crippen molar-refractivity contribution < 1.29 is 4.79 Å². The Morgan fingerprint density at radius 3 is 2.55 bits per heavy atom. The SMILES string of the molecule is CC1CCCN(Cc2ccc(CNC(=O)NCc3cccc(-n4cccn4)c3)cc2)C1. The van der Waals surface area contributed by atoms with Crippen molar-refractivity contribution >= 4 is 6.03 Å². The van der Waals surface area contributed by atoms with Gasteiger partial charge in [0.1, 0.15) is 0 Å². The van der Waals surface area contributed by atoms with Crippen LogP contribution < -0.4 is 10.6 Å². The number of carbonyl (C=O) groups is 1. The molecule has 3 aromatic rings. The van der Waals surface area contributed by atoms with Gasteiger partial charge < -0.3 is 10.6 Å². The van der Waals surface area contributed by atoms with Gasteiger partial charge in [-0.15, -0.1) is 0 Å². The summed E-state index contributed by atoms with van der Waals surface area (Å²) in [6, 6.07) is 18.3. The molecule has 1 fully saturated rings. The maximum absolute atomic E-state index is 12.2. The quantitative estimate of drug-likeness (QED) is 0.608. The van der Waals surface area contributed by atoms with Gasteiger partial charge in [-0.05, 0) is 60.2 Å². The van der Waals surface area contributed by atoms with Gasteiger partial charge in [0.05, 0.1) is 5.69 Å². The lowest BCUT2D eigenvalue weighted by Gasteiger charge is -2.30. The molecule has 1 aliphatic heterocycles. The zero-order chi connectivity index (χ0) is 21.5. The van der Waals surface area contributed by atoms with Crippen molar-refractivity contribution in [2.75, 3.05) is 13.1 Å². The molecule has 2 heterocycles. The highest BCUT2D eigenvalue weighted by molar-refractivity contribution is 5.73. The van der Waals surface area contributed by atoms with Crippen molar-refractivity contribution in [2.45, 2.75) is 39.4 Å². The first kappa shape index (κ1) is 21.1. The maximum atomic E-state index is 12.2. The van der Waals surface area contributed by atoms with E-state index in [1.807, 2.05) is 36.5 Å². The second-order valence-electron chi connectivity index (χ2n) is 8.46. The van der Waals surface area contributed by atoms with Gasteiger partial charge in [-0.2, -0.15) is 5.10 Å². The van der Waals surface area contributed by atoms with Crippen LogP contribution in [0.4, 0.5) is 4.79 Å². The van der Waals surface area contributed by atoms with Gasteiger partial charge in [-0.3, -0.25) is 4.90 Å². The predicted octanol–water partition coefficient (Wildman–Crippen LogP) is 4.10. The molecule has 1 saturated heterocycles. The van der Waals surface area contributed by atoms with Crippen molar-refractivity contribution in [1.29, 1.82) is 0 Å². The average molecular weight is 418 g/mol. The van der Waals surface area contributed by atoms with Gasteiger partial charge in [0, 0.05) is 38.6 Å². The second kappa shape index (κ2) is 10.3. The van der Waals surface area contributed by atoms with Gasteiger partial charge >= 0.3 is 6.03 Å². The summed E-state index contributed by atoms with van der Waals surface area (Å²) in [5.41, 5.74) is 4.44. The highest BCUT2D eigenvalue weighted by Crippen LogP contribution is 2.18. The Balaban J connectivity index is 1.21. The number of hydrogen-bond acceptors (Lipinski definition) is 3. The molecule has 1 unspecified atom stereocenters. The Labute approximate surface area is 184 Å². The molecule has 2 N–H and O–H groups in total. The summed E-state index contributed by atoms with van der Waals surface area (Å²) in [4.78, 5) is 14.8. The number of nitrogens with zero attached hydrogens (tertiary/aromatic N) is 3. The van der Waals surface area contributed by atoms with Crippen molar-refractivity contribution in [3.8, 4) is 5.69 Å². The van der Waals surface area contributed by atoms with E-state index in [0.29, 0.717) is 13.1 Å². The highest BCUT2D eigenvalue weighted by atomic mass is 16.2. The molecule has 1 atom stereocenters. The van der Waals surface area contributed by atoms with Gasteiger partial charge in [-0.25, -0.2) is 9.48 Å². The van der Waals surface area contributed by atoms with Crippen LogP contribution >= 0.6 is 0 Å². The van der Waals surface area contributed by atoms with E-state index in [2.05, 4.69) is 51.8 Å². The van der Waals surface area contributed by atoms with E-state index >= 15 is 0 Å². The molecular weight excluding hydrogens is 386 g/mol. The number of piperidine rings is 1. The maximum Gasteiger partial charge on any atom is 0.315 e. The normalized spacial score (nSPS) is 16.7. The number of nitrogens with one attached hydrogen (secondary N) is 2. The molecular formula is C25H31N5O. The van der Waals surface area contributed by atoms with Crippen LogP contribution in [0.2, 0.25) is 0 Å². The summed E-state index contributed by atoms with van der Waals surface area (Å²) in [7, 11) is 0. The summed E-state index contributed by atoms with van der Waals surface area (Å²) in [6.45, 7) is 6.71. The highest BCUT2D eigenvalue weighted by Gasteiger charge is 2.16. The van der Waals surface area contributed by atoms with E-state index in [9.17, 15) is 4.79 Å². The molecule has 6 nitrogen and oxygen atoms in total. The first-order valence-electron chi connectivity index (χ1n) is 11.1. The molecule has 2 amide bonds. The molecule has 1 aromatic heterocycles. The monoisotopic (exact) mass is 417 g/mol. The summed E-state index contributed by atoms with van der Waals surface area (Å²) in [6.07, 6.45) is 6.29. The lowest BCUT2D eigenvalue weighted by molar-refractivity contribution is 0.176. The van der Waals surface area contributed by atoms with Crippen molar-refractivity contribution in [1.82, 2.24) is 25.3 Å². The number of urea groups is 1. The lowest BCUT2D eigenvalue weighted by Crippen LogP contribution is -2.34. The summed E-state index contributed by atoms with van der Waals surface area (Å²) >= 11 is 0. The van der Waals surface area contributed by atoms with E-state index in [1.165, 1.54) is 31.5 Å². The molecule has 31 heavy (non-hydrogen) atoms. The van der Waals surface area contributed by atoms with Crippen molar-refractivity contribution in [3.63, 3.8) is 0 Å². The third kappa shape index (κ3) is 6.18. The minimum absolute atomic E-state index is 0.170. The third-order valence-electron chi connectivity index (χ3n) is 5.76. The number of amides is 2. The summed E-state index contributed by atoms with van der Waals surface area (Å²) in [5, 5.41) is 10.1. The van der Waals surface area contributed by atoms with Crippen LogP contribution in [0.15, 0.2) is 67.0 Å². The molecule has 6 heteroatoms. The van der Waals surface area contributed by atoms with E-state index in [4.69, 9.17) is 0 Å². The van der Waals surface area contributed by atoms with E-state index in [-0.39, 0.29) is 6.03 Å². The minimum atomic E-state index is -0.170. The summed E-state index contributed by atoms with van der Waals surface area (Å²) < 4.78 is 1.80. The fourth-order valence-electron chi connectivity index (χ4n) is 4.11. The lowest BCUT2D eigenvalue weighted by atomic mass is 9.99. The van der Waals surface area contributed by atoms with E-state index in [0.717, 1.165) is 29.3 Å². The number of rotatable bonds is 7. The van der Waals surface area contributed by atoms with Crippen LogP contribution in [0.1, 0.15) is 36.5 Å². The number of benzene rings is 2. The largest absolute Gasteiger partial charge is 0.334 e. The first-order valence-corrected chi connectivity index (χ1v) is 11.1. The predicted molar refractivity (Wildman–Crippen MR) is 123 cm³/mol. The topological polar surface area (TPSA) is 62.2 Å². The van der Waals surface area contributed by atoms with Gasteiger partial charge in [0.15, 0.2) is 0 Å². The Morgan fingerprint density at radius 2 is 1.81 bits per heavy atom. The zero-order valence-corrected chi connectivity index (χ0v) is 18.1. The van der Waals surface area contributed by atoms with Crippen LogP contribution in [-0.2, 0) is 19.6 Å². The zero-order valence-electron chi connectivity index (χ0n) is 18.1. The van der Waals surface area contributed by atoms with Crippen molar-refractivity contribution in [3.05, 3.63) is 83.7 Å². The fraction of sp³-hybridized carbons (Fsp3) is 0.360. The van der Waals surface area contributed by atoms with Gasteiger partial charge in [0.2, 0.25) is 0 Å². The van der Waals surface area contributed by atoms with Gasteiger partial charge in [0.25, 0.3) is 0 Å². The van der Waals surface area contributed by atoms with Gasteiger partial charge in [-0.1, -0.05) is 43.3 Å². The summed E-state index contributed by atoms with van der Waals surface area (Å²) in [5.74, 6) is 0.795. The van der Waals surface area contributed by atoms with Crippen LogP contribution in [0.3, 0.4) is 0 Å². The molecule has 0 aliphatic carbocycles. The number of hydrogen-bond donors (Lipinski definition) is 2. The van der Waals surface area contributed by atoms with Crippen LogP contribution in [0.25, 0.3) is 5.69 Å². The molecule has 0 radical (unpaired) electrons. The molecule has 162 valence electrons. The van der Waals surface area contributed by atoms with Crippen molar-refractivity contribution in [2.24, 2.45) is 5.92 Å².